The third-order valence-electron chi connectivity index (χ3n) is 3.27. The van der Waals surface area contributed by atoms with Gasteiger partial charge in [-0.3, -0.25) is 0 Å². The first-order chi connectivity index (χ1) is 8.62. The van der Waals surface area contributed by atoms with Gasteiger partial charge in [0.15, 0.2) is 11.5 Å². The monoisotopic (exact) mass is 251 g/mol. The molecule has 1 rings (SSSR count). The van der Waals surface area contributed by atoms with Crippen LogP contribution in [0.5, 0.6) is 11.5 Å². The Kier molecular flexibility index (Phi) is 5.99. The van der Waals surface area contributed by atoms with Gasteiger partial charge in [0, 0.05) is 12.6 Å². The highest BCUT2D eigenvalue weighted by molar-refractivity contribution is 5.42. The standard InChI is InChI=1S/C15H25NO2/c1-6-16(12(2)3)10-9-13-7-8-14(17-4)15(11-13)18-5/h7-8,11-12H,6,9-10H2,1-5H3. The van der Waals surface area contributed by atoms with Crippen molar-refractivity contribution in [3.8, 4) is 11.5 Å². The molecule has 0 radical (unpaired) electrons. The largest absolute Gasteiger partial charge is 0.493 e. The Morgan fingerprint density at radius 2 is 1.78 bits per heavy atom. The van der Waals surface area contributed by atoms with E-state index in [0.29, 0.717) is 6.04 Å². The molecule has 0 saturated carbocycles. The molecule has 0 heterocycles. The van der Waals surface area contributed by atoms with Crippen LogP contribution in [0, 0.1) is 0 Å². The van der Waals surface area contributed by atoms with Gasteiger partial charge in [-0.2, -0.15) is 0 Å². The van der Waals surface area contributed by atoms with E-state index in [1.165, 1.54) is 5.56 Å². The molecule has 3 heteroatoms. The second kappa shape index (κ2) is 7.27. The van der Waals surface area contributed by atoms with Crippen molar-refractivity contribution in [2.24, 2.45) is 0 Å². The molecule has 0 N–H and O–H groups in total. The lowest BCUT2D eigenvalue weighted by atomic mass is 10.1. The summed E-state index contributed by atoms with van der Waals surface area (Å²) in [5.74, 6) is 1.60. The third kappa shape index (κ3) is 3.91. The van der Waals surface area contributed by atoms with Crippen LogP contribution in [0.1, 0.15) is 26.3 Å². The molecule has 0 atom stereocenters. The molecular weight excluding hydrogens is 226 g/mol. The zero-order chi connectivity index (χ0) is 13.5. The molecule has 1 aromatic carbocycles. The Morgan fingerprint density at radius 3 is 2.28 bits per heavy atom. The molecular formula is C15H25NO2. The van der Waals surface area contributed by atoms with Crippen LogP contribution >= 0.6 is 0 Å². The van der Waals surface area contributed by atoms with Crippen LogP contribution in [0.3, 0.4) is 0 Å². The van der Waals surface area contributed by atoms with Crippen LogP contribution in [0.4, 0.5) is 0 Å². The fourth-order valence-electron chi connectivity index (χ4n) is 2.09. The molecule has 3 nitrogen and oxygen atoms in total. The van der Waals surface area contributed by atoms with Gasteiger partial charge in [0.1, 0.15) is 0 Å². The summed E-state index contributed by atoms with van der Waals surface area (Å²) in [4.78, 5) is 2.46. The van der Waals surface area contributed by atoms with E-state index < -0.39 is 0 Å². The van der Waals surface area contributed by atoms with Crippen molar-refractivity contribution in [3.63, 3.8) is 0 Å². The molecule has 0 spiro atoms. The van der Waals surface area contributed by atoms with Crippen LogP contribution in [0.15, 0.2) is 18.2 Å². The minimum atomic E-state index is 0.593. The van der Waals surface area contributed by atoms with Crippen LogP contribution in [0.2, 0.25) is 0 Å². The number of hydrogen-bond donors (Lipinski definition) is 0. The van der Waals surface area contributed by atoms with Gasteiger partial charge in [-0.15, -0.1) is 0 Å². The summed E-state index contributed by atoms with van der Waals surface area (Å²) >= 11 is 0. The fraction of sp³-hybridized carbons (Fsp3) is 0.600. The molecule has 102 valence electrons. The van der Waals surface area contributed by atoms with Gasteiger partial charge < -0.3 is 14.4 Å². The number of methoxy groups -OCH3 is 2. The summed E-state index contributed by atoms with van der Waals surface area (Å²) in [6, 6.07) is 6.73. The predicted molar refractivity (Wildman–Crippen MR) is 75.6 cm³/mol. The smallest absolute Gasteiger partial charge is 0.160 e. The molecule has 0 fully saturated rings. The second-order valence-electron chi connectivity index (χ2n) is 4.66. The average Bonchev–Trinajstić information content (AvgIpc) is 2.38. The van der Waals surface area contributed by atoms with Gasteiger partial charge in [-0.25, -0.2) is 0 Å². The van der Waals surface area contributed by atoms with Gasteiger partial charge in [0.2, 0.25) is 0 Å². The highest BCUT2D eigenvalue weighted by atomic mass is 16.5. The number of ether oxygens (including phenoxy) is 2. The normalized spacial score (nSPS) is 11.1. The number of nitrogens with zero attached hydrogens (tertiary/aromatic N) is 1. The fourth-order valence-corrected chi connectivity index (χ4v) is 2.09. The lowest BCUT2D eigenvalue weighted by Crippen LogP contribution is -2.32. The van der Waals surface area contributed by atoms with Crippen molar-refractivity contribution in [1.29, 1.82) is 0 Å². The highest BCUT2D eigenvalue weighted by Crippen LogP contribution is 2.27. The van der Waals surface area contributed by atoms with Crippen molar-refractivity contribution >= 4 is 0 Å². The van der Waals surface area contributed by atoms with Crippen LogP contribution < -0.4 is 9.47 Å². The summed E-state index contributed by atoms with van der Waals surface area (Å²) < 4.78 is 10.6. The van der Waals surface area contributed by atoms with Crippen molar-refractivity contribution < 1.29 is 9.47 Å². The van der Waals surface area contributed by atoms with E-state index in [-0.39, 0.29) is 0 Å². The van der Waals surface area contributed by atoms with Gasteiger partial charge in [0.25, 0.3) is 0 Å². The molecule has 0 aliphatic rings. The molecule has 0 aliphatic heterocycles. The van der Waals surface area contributed by atoms with Gasteiger partial charge in [0.05, 0.1) is 14.2 Å². The maximum absolute atomic E-state index is 5.32. The van der Waals surface area contributed by atoms with E-state index in [0.717, 1.165) is 31.0 Å². The highest BCUT2D eigenvalue weighted by Gasteiger charge is 2.08. The first-order valence-electron chi connectivity index (χ1n) is 6.57. The molecule has 0 aliphatic carbocycles. The minimum absolute atomic E-state index is 0.593. The first kappa shape index (κ1) is 14.8. The van der Waals surface area contributed by atoms with Crippen molar-refractivity contribution in [2.75, 3.05) is 27.3 Å². The summed E-state index contributed by atoms with van der Waals surface area (Å²) in [5, 5.41) is 0. The topological polar surface area (TPSA) is 21.7 Å². The van der Waals surface area contributed by atoms with E-state index in [4.69, 9.17) is 9.47 Å². The van der Waals surface area contributed by atoms with Crippen LogP contribution in [0.25, 0.3) is 0 Å². The molecule has 0 amide bonds. The third-order valence-corrected chi connectivity index (χ3v) is 3.27. The van der Waals surface area contributed by atoms with Crippen molar-refractivity contribution in [3.05, 3.63) is 23.8 Å². The summed E-state index contributed by atoms with van der Waals surface area (Å²) in [5.41, 5.74) is 1.28. The Labute approximate surface area is 111 Å². The maximum atomic E-state index is 5.32. The van der Waals surface area contributed by atoms with Gasteiger partial charge in [-0.1, -0.05) is 13.0 Å². The molecule has 18 heavy (non-hydrogen) atoms. The Bertz CT molecular complexity index is 364. The maximum Gasteiger partial charge on any atom is 0.160 e. The molecule has 0 unspecified atom stereocenters. The summed E-state index contributed by atoms with van der Waals surface area (Å²) in [6.07, 6.45) is 1.03. The zero-order valence-corrected chi connectivity index (χ0v) is 12.2. The lowest BCUT2D eigenvalue weighted by molar-refractivity contribution is 0.236. The Hall–Kier alpha value is -1.22. The molecule has 0 saturated heterocycles. The van der Waals surface area contributed by atoms with Crippen LogP contribution in [-0.2, 0) is 6.42 Å². The quantitative estimate of drug-likeness (QED) is 0.743. The molecule has 1 aromatic rings. The zero-order valence-electron chi connectivity index (χ0n) is 12.2. The van der Waals surface area contributed by atoms with E-state index >= 15 is 0 Å². The predicted octanol–water partition coefficient (Wildman–Crippen LogP) is 2.98. The van der Waals surface area contributed by atoms with E-state index in [9.17, 15) is 0 Å². The number of likely N-dealkylation sites (N-methyl/N-ethyl adjacent to an activating group) is 1. The lowest BCUT2D eigenvalue weighted by Gasteiger charge is -2.24. The number of hydrogen-bond acceptors (Lipinski definition) is 3. The number of benzene rings is 1. The molecule has 0 aromatic heterocycles. The van der Waals surface area contributed by atoms with E-state index in [1.807, 2.05) is 6.07 Å². The van der Waals surface area contributed by atoms with Crippen molar-refractivity contribution in [1.82, 2.24) is 4.90 Å². The van der Waals surface area contributed by atoms with E-state index in [2.05, 4.69) is 37.8 Å². The van der Waals surface area contributed by atoms with Crippen molar-refractivity contribution in [2.45, 2.75) is 33.2 Å². The van der Waals surface area contributed by atoms with Crippen LogP contribution in [-0.4, -0.2) is 38.3 Å². The van der Waals surface area contributed by atoms with Gasteiger partial charge in [-0.05, 0) is 44.5 Å². The Balaban J connectivity index is 2.67. The first-order valence-corrected chi connectivity index (χ1v) is 6.57. The number of rotatable bonds is 7. The summed E-state index contributed by atoms with van der Waals surface area (Å²) in [6.45, 7) is 8.83. The SMILES string of the molecule is CCN(CCc1ccc(OC)c(OC)c1)C(C)C. The second-order valence-corrected chi connectivity index (χ2v) is 4.66. The summed E-state index contributed by atoms with van der Waals surface area (Å²) in [7, 11) is 3.34. The van der Waals surface area contributed by atoms with E-state index in [1.54, 1.807) is 14.2 Å². The molecule has 0 bridgehead atoms. The van der Waals surface area contributed by atoms with Gasteiger partial charge >= 0.3 is 0 Å². The Morgan fingerprint density at radius 1 is 1.11 bits per heavy atom. The average molecular weight is 251 g/mol. The minimum Gasteiger partial charge on any atom is -0.493 e.